The van der Waals surface area contributed by atoms with Gasteiger partial charge in [-0.1, -0.05) is 12.1 Å². The molecule has 0 aromatic carbocycles. The average molecular weight is 248 g/mol. The molecule has 7 nitrogen and oxygen atoms in total. The van der Waals surface area contributed by atoms with Crippen LogP contribution in [0.4, 0.5) is 0 Å². The van der Waals surface area contributed by atoms with Crippen molar-refractivity contribution in [3.8, 4) is 0 Å². The van der Waals surface area contributed by atoms with E-state index in [0.29, 0.717) is 23.4 Å². The molecule has 0 saturated carbocycles. The largest absolute Gasteiger partial charge is 0.315 e. The van der Waals surface area contributed by atoms with Crippen LogP contribution in [0.5, 0.6) is 0 Å². The highest BCUT2D eigenvalue weighted by Gasteiger charge is 2.20. The maximum Gasteiger partial charge on any atom is 0.281 e. The van der Waals surface area contributed by atoms with Crippen molar-refractivity contribution in [1.82, 2.24) is 30.3 Å². The van der Waals surface area contributed by atoms with Crippen molar-refractivity contribution in [3.63, 3.8) is 0 Å². The number of nitrogens with zero attached hydrogens (tertiary/aromatic N) is 4. The van der Waals surface area contributed by atoms with Gasteiger partial charge in [0.1, 0.15) is 5.82 Å². The van der Waals surface area contributed by atoms with E-state index in [2.05, 4.69) is 25.6 Å². The van der Waals surface area contributed by atoms with Crippen LogP contribution >= 0.6 is 0 Å². The Morgan fingerprint density at radius 2 is 2.39 bits per heavy atom. The van der Waals surface area contributed by atoms with Crippen molar-refractivity contribution >= 4 is 11.2 Å². The van der Waals surface area contributed by atoms with Crippen molar-refractivity contribution in [2.75, 3.05) is 13.1 Å². The fraction of sp³-hybridized carbons (Fsp3) is 0.636. The zero-order chi connectivity index (χ0) is 12.5. The molecule has 3 rings (SSSR count). The summed E-state index contributed by atoms with van der Waals surface area (Å²) in [5, 5.41) is 11.4. The number of H-pyrrole nitrogens is 1. The molecule has 1 saturated heterocycles. The minimum atomic E-state index is -0.202. The van der Waals surface area contributed by atoms with E-state index in [0.717, 1.165) is 25.9 Å². The van der Waals surface area contributed by atoms with E-state index in [-0.39, 0.29) is 11.6 Å². The normalized spacial score (nSPS) is 20.4. The molecule has 18 heavy (non-hydrogen) atoms. The molecule has 2 aromatic heterocycles. The third-order valence-electron chi connectivity index (χ3n) is 3.34. The zero-order valence-electron chi connectivity index (χ0n) is 10.3. The number of piperidine rings is 1. The summed E-state index contributed by atoms with van der Waals surface area (Å²) >= 11 is 0. The molecular weight excluding hydrogens is 232 g/mol. The summed E-state index contributed by atoms with van der Waals surface area (Å²) in [7, 11) is 0. The third kappa shape index (κ3) is 1.80. The molecule has 1 fully saturated rings. The van der Waals surface area contributed by atoms with Gasteiger partial charge in [0.25, 0.3) is 5.56 Å². The molecule has 3 heterocycles. The molecule has 0 aliphatic carbocycles. The van der Waals surface area contributed by atoms with Crippen LogP contribution in [0.25, 0.3) is 11.2 Å². The molecule has 7 heteroatoms. The summed E-state index contributed by atoms with van der Waals surface area (Å²) in [5.74, 6) is 0.680. The van der Waals surface area contributed by atoms with Gasteiger partial charge in [0.2, 0.25) is 0 Å². The topological polar surface area (TPSA) is 88.5 Å². The van der Waals surface area contributed by atoms with Gasteiger partial charge in [0.15, 0.2) is 11.2 Å². The van der Waals surface area contributed by atoms with Gasteiger partial charge in [-0.2, -0.15) is 0 Å². The number of fused-ring (bicyclic) bond motifs is 1. The van der Waals surface area contributed by atoms with Crippen molar-refractivity contribution in [1.29, 1.82) is 0 Å². The molecule has 0 radical (unpaired) electrons. The van der Waals surface area contributed by atoms with Crippen LogP contribution in [0, 0.1) is 0 Å². The Bertz CT molecular complexity index is 610. The molecule has 0 amide bonds. The van der Waals surface area contributed by atoms with E-state index < -0.39 is 0 Å². The molecule has 0 spiro atoms. The first-order chi connectivity index (χ1) is 8.79. The summed E-state index contributed by atoms with van der Waals surface area (Å²) in [6.07, 6.45) is 2.84. The Balaban J connectivity index is 2.12. The fourth-order valence-electron chi connectivity index (χ4n) is 2.34. The smallest absolute Gasteiger partial charge is 0.281 e. The number of hydrogen-bond acceptors (Lipinski definition) is 5. The summed E-state index contributed by atoms with van der Waals surface area (Å²) in [4.78, 5) is 19.0. The molecule has 1 atom stereocenters. The minimum absolute atomic E-state index is 0.202. The second kappa shape index (κ2) is 4.49. The minimum Gasteiger partial charge on any atom is -0.315 e. The third-order valence-corrected chi connectivity index (χ3v) is 3.34. The van der Waals surface area contributed by atoms with Gasteiger partial charge in [-0.3, -0.25) is 4.79 Å². The summed E-state index contributed by atoms with van der Waals surface area (Å²) in [5.41, 5.74) is 0.731. The predicted octanol–water partition coefficient (Wildman–Crippen LogP) is 0.00150. The SMILES string of the molecule is CCc1nc2c(nnn2[C@H]2CCCNC2)c(=O)[nH]1. The molecule has 96 valence electrons. The van der Waals surface area contributed by atoms with Crippen LogP contribution in [-0.4, -0.2) is 38.1 Å². The molecule has 1 aliphatic rings. The highest BCUT2D eigenvalue weighted by atomic mass is 16.1. The maximum absolute atomic E-state index is 11.8. The average Bonchev–Trinajstić information content (AvgIpc) is 2.84. The van der Waals surface area contributed by atoms with Crippen molar-refractivity contribution in [3.05, 3.63) is 16.2 Å². The van der Waals surface area contributed by atoms with Crippen LogP contribution in [0.1, 0.15) is 31.6 Å². The number of hydrogen-bond donors (Lipinski definition) is 2. The standard InChI is InChI=1S/C11H16N6O/c1-2-8-13-10-9(11(18)14-8)15-16-17(10)7-4-3-5-12-6-7/h7,12H,2-6H2,1H3,(H,13,14,18)/t7-/m0/s1. The monoisotopic (exact) mass is 248 g/mol. The zero-order valence-corrected chi connectivity index (χ0v) is 10.3. The summed E-state index contributed by atoms with van der Waals surface area (Å²) in [6, 6.07) is 0.239. The summed E-state index contributed by atoms with van der Waals surface area (Å²) < 4.78 is 1.79. The lowest BCUT2D eigenvalue weighted by Crippen LogP contribution is -2.32. The van der Waals surface area contributed by atoms with E-state index in [4.69, 9.17) is 0 Å². The molecule has 1 aliphatic heterocycles. The molecule has 0 unspecified atom stereocenters. The molecular formula is C11H16N6O. The number of rotatable bonds is 2. The van der Waals surface area contributed by atoms with E-state index in [1.165, 1.54) is 0 Å². The Labute approximate surface area is 104 Å². The van der Waals surface area contributed by atoms with E-state index in [1.54, 1.807) is 4.68 Å². The van der Waals surface area contributed by atoms with Crippen molar-refractivity contribution in [2.24, 2.45) is 0 Å². The van der Waals surface area contributed by atoms with Gasteiger partial charge in [-0.15, -0.1) is 5.10 Å². The first-order valence-electron chi connectivity index (χ1n) is 6.34. The van der Waals surface area contributed by atoms with Crippen molar-refractivity contribution in [2.45, 2.75) is 32.2 Å². The summed E-state index contributed by atoms with van der Waals surface area (Å²) in [6.45, 7) is 3.85. The van der Waals surface area contributed by atoms with Gasteiger partial charge in [-0.25, -0.2) is 9.67 Å². The van der Waals surface area contributed by atoms with Gasteiger partial charge < -0.3 is 10.3 Å². The highest BCUT2D eigenvalue weighted by Crippen LogP contribution is 2.18. The molecule has 2 N–H and O–H groups in total. The van der Waals surface area contributed by atoms with Crippen LogP contribution in [-0.2, 0) is 6.42 Å². The van der Waals surface area contributed by atoms with Crippen LogP contribution < -0.4 is 10.9 Å². The highest BCUT2D eigenvalue weighted by molar-refractivity contribution is 5.68. The maximum atomic E-state index is 11.8. The van der Waals surface area contributed by atoms with Crippen LogP contribution in [0.15, 0.2) is 4.79 Å². The van der Waals surface area contributed by atoms with Gasteiger partial charge in [0.05, 0.1) is 6.04 Å². The fourth-order valence-corrected chi connectivity index (χ4v) is 2.34. The number of aromatic amines is 1. The lowest BCUT2D eigenvalue weighted by atomic mass is 10.1. The van der Waals surface area contributed by atoms with E-state index >= 15 is 0 Å². The second-order valence-corrected chi connectivity index (χ2v) is 4.57. The lowest BCUT2D eigenvalue weighted by Gasteiger charge is -2.22. The number of nitrogens with one attached hydrogen (secondary N) is 2. The van der Waals surface area contributed by atoms with Gasteiger partial charge >= 0.3 is 0 Å². The Hall–Kier alpha value is -1.76. The van der Waals surface area contributed by atoms with Crippen LogP contribution in [0.2, 0.25) is 0 Å². The second-order valence-electron chi connectivity index (χ2n) is 4.57. The van der Waals surface area contributed by atoms with E-state index in [1.807, 2.05) is 6.92 Å². The molecule has 0 bridgehead atoms. The lowest BCUT2D eigenvalue weighted by molar-refractivity contribution is 0.347. The van der Waals surface area contributed by atoms with Gasteiger partial charge in [0, 0.05) is 13.0 Å². The number of aryl methyl sites for hydroxylation is 1. The van der Waals surface area contributed by atoms with Gasteiger partial charge in [-0.05, 0) is 19.4 Å². The quantitative estimate of drug-likeness (QED) is 0.781. The Morgan fingerprint density at radius 1 is 1.50 bits per heavy atom. The van der Waals surface area contributed by atoms with Crippen LogP contribution in [0.3, 0.4) is 0 Å². The predicted molar refractivity (Wildman–Crippen MR) is 66.5 cm³/mol. The number of aromatic nitrogens is 5. The Kier molecular flexibility index (Phi) is 2.83. The Morgan fingerprint density at radius 3 is 3.11 bits per heavy atom. The van der Waals surface area contributed by atoms with E-state index in [9.17, 15) is 4.79 Å². The molecule has 2 aromatic rings. The van der Waals surface area contributed by atoms with Crippen molar-refractivity contribution < 1.29 is 0 Å². The first-order valence-corrected chi connectivity index (χ1v) is 6.34. The first kappa shape index (κ1) is 11.3.